The number of aromatic nitrogens is 2. The highest BCUT2D eigenvalue weighted by atomic mass is 79.9. The maximum Gasteiger partial charge on any atom is 0.113 e. The highest BCUT2D eigenvalue weighted by Gasteiger charge is 2.09. The summed E-state index contributed by atoms with van der Waals surface area (Å²) in [5, 5.41) is 8.55. The molecule has 1 aromatic rings. The summed E-state index contributed by atoms with van der Waals surface area (Å²) < 4.78 is 2.73. The number of rotatable bonds is 2. The Balaban J connectivity index is 3.05. The first-order chi connectivity index (χ1) is 5.66. The molecule has 0 fully saturated rings. The van der Waals surface area contributed by atoms with Crippen LogP contribution in [-0.2, 0) is 6.54 Å². The van der Waals surface area contributed by atoms with Crippen LogP contribution in [0.1, 0.15) is 25.6 Å². The van der Waals surface area contributed by atoms with Crippen molar-refractivity contribution in [2.24, 2.45) is 0 Å². The van der Waals surface area contributed by atoms with Crippen LogP contribution in [0.15, 0.2) is 10.8 Å². The number of halogens is 1. The first-order valence-corrected chi connectivity index (χ1v) is 4.54. The van der Waals surface area contributed by atoms with E-state index in [1.165, 1.54) is 0 Å². The van der Waals surface area contributed by atoms with E-state index < -0.39 is 0 Å². The fourth-order valence-corrected chi connectivity index (χ4v) is 1.47. The second kappa shape index (κ2) is 3.72. The molecule has 0 aliphatic heterocycles. The van der Waals surface area contributed by atoms with E-state index in [-0.39, 0.29) is 0 Å². The Morgan fingerprint density at radius 1 is 1.75 bits per heavy atom. The van der Waals surface area contributed by atoms with E-state index in [4.69, 9.17) is 5.26 Å². The molecule has 64 valence electrons. The summed E-state index contributed by atoms with van der Waals surface area (Å²) in [6, 6.07) is 2.10. The Hall–Kier alpha value is -0.820. The smallest absolute Gasteiger partial charge is 0.113 e. The first kappa shape index (κ1) is 9.27. The normalized spacial score (nSPS) is 10.2. The van der Waals surface area contributed by atoms with Gasteiger partial charge in [0.05, 0.1) is 12.3 Å². The van der Waals surface area contributed by atoms with Gasteiger partial charge < -0.3 is 4.57 Å². The number of hydrogen-bond acceptors (Lipinski definition) is 2. The first-order valence-electron chi connectivity index (χ1n) is 3.74. The van der Waals surface area contributed by atoms with Crippen molar-refractivity contribution in [1.82, 2.24) is 9.55 Å². The molecule has 1 rings (SSSR count). The van der Waals surface area contributed by atoms with Gasteiger partial charge in [0.25, 0.3) is 0 Å². The Kier molecular flexibility index (Phi) is 2.88. The van der Waals surface area contributed by atoms with Crippen molar-refractivity contribution in [2.45, 2.75) is 26.3 Å². The van der Waals surface area contributed by atoms with Crippen molar-refractivity contribution < 1.29 is 0 Å². The van der Waals surface area contributed by atoms with Gasteiger partial charge in [0, 0.05) is 5.92 Å². The van der Waals surface area contributed by atoms with Gasteiger partial charge in [-0.2, -0.15) is 5.26 Å². The summed E-state index contributed by atoms with van der Waals surface area (Å²) in [6.45, 7) is 4.47. The molecule has 0 saturated heterocycles. The predicted octanol–water partition coefficient (Wildman–Crippen LogP) is 2.29. The number of imidazole rings is 1. The molecule has 0 N–H and O–H groups in total. The molecule has 0 amide bonds. The molecule has 0 unspecified atom stereocenters. The van der Waals surface area contributed by atoms with Crippen molar-refractivity contribution in [3.8, 4) is 6.07 Å². The molecular formula is C8H10BrN3. The Morgan fingerprint density at radius 3 is 2.92 bits per heavy atom. The minimum absolute atomic E-state index is 0.352. The van der Waals surface area contributed by atoms with Gasteiger partial charge in [-0.05, 0) is 15.9 Å². The largest absolute Gasteiger partial charge is 0.309 e. The van der Waals surface area contributed by atoms with Crippen LogP contribution in [0.2, 0.25) is 0 Å². The molecule has 4 heteroatoms. The second-order valence-electron chi connectivity index (χ2n) is 2.84. The summed E-state index contributed by atoms with van der Waals surface area (Å²) in [5.74, 6) is 1.30. The van der Waals surface area contributed by atoms with Gasteiger partial charge in [0.1, 0.15) is 17.0 Å². The molecule has 0 aliphatic rings. The molecule has 0 aromatic carbocycles. The van der Waals surface area contributed by atoms with Gasteiger partial charge in [0.2, 0.25) is 0 Å². The van der Waals surface area contributed by atoms with Gasteiger partial charge in [-0.3, -0.25) is 0 Å². The van der Waals surface area contributed by atoms with Crippen LogP contribution in [0, 0.1) is 11.3 Å². The van der Waals surface area contributed by atoms with E-state index in [1.807, 2.05) is 4.57 Å². The van der Waals surface area contributed by atoms with Crippen molar-refractivity contribution in [2.75, 3.05) is 0 Å². The lowest BCUT2D eigenvalue weighted by molar-refractivity contribution is 0.675. The molecule has 0 atom stereocenters. The maximum atomic E-state index is 8.55. The Bertz CT molecular complexity index is 309. The number of hydrogen-bond donors (Lipinski definition) is 0. The molecule has 1 heterocycles. The van der Waals surface area contributed by atoms with E-state index in [9.17, 15) is 0 Å². The van der Waals surface area contributed by atoms with Gasteiger partial charge in [-0.15, -0.1) is 0 Å². The minimum atomic E-state index is 0.352. The number of nitrogens with zero attached hydrogens (tertiary/aromatic N) is 3. The van der Waals surface area contributed by atoms with Crippen molar-refractivity contribution in [1.29, 1.82) is 5.26 Å². The monoisotopic (exact) mass is 227 g/mol. The van der Waals surface area contributed by atoms with Crippen LogP contribution in [0.4, 0.5) is 0 Å². The number of nitriles is 1. The van der Waals surface area contributed by atoms with Crippen LogP contribution in [0.25, 0.3) is 0 Å². The fraction of sp³-hybridized carbons (Fsp3) is 0.500. The highest BCUT2D eigenvalue weighted by Crippen LogP contribution is 2.18. The van der Waals surface area contributed by atoms with E-state index >= 15 is 0 Å². The second-order valence-corrected chi connectivity index (χ2v) is 3.65. The topological polar surface area (TPSA) is 41.6 Å². The zero-order valence-corrected chi connectivity index (χ0v) is 8.67. The average molecular weight is 228 g/mol. The summed E-state index contributed by atoms with van der Waals surface area (Å²) in [6.07, 6.45) is 1.73. The lowest BCUT2D eigenvalue weighted by atomic mass is 10.2. The quantitative estimate of drug-likeness (QED) is 0.779. The molecule has 0 spiro atoms. The van der Waals surface area contributed by atoms with E-state index in [0.29, 0.717) is 12.5 Å². The third-order valence-corrected chi connectivity index (χ3v) is 2.22. The molecule has 0 aliphatic carbocycles. The van der Waals surface area contributed by atoms with E-state index in [0.717, 1.165) is 10.4 Å². The summed E-state index contributed by atoms with van der Waals surface area (Å²) >= 11 is 3.34. The van der Waals surface area contributed by atoms with Crippen molar-refractivity contribution >= 4 is 15.9 Å². The van der Waals surface area contributed by atoms with E-state index in [1.54, 1.807) is 6.20 Å². The van der Waals surface area contributed by atoms with Gasteiger partial charge >= 0.3 is 0 Å². The summed E-state index contributed by atoms with van der Waals surface area (Å²) in [5.41, 5.74) is 0. The van der Waals surface area contributed by atoms with Crippen LogP contribution < -0.4 is 0 Å². The highest BCUT2D eigenvalue weighted by molar-refractivity contribution is 9.10. The van der Waals surface area contributed by atoms with Crippen LogP contribution in [0.5, 0.6) is 0 Å². The van der Waals surface area contributed by atoms with Crippen LogP contribution in [-0.4, -0.2) is 9.55 Å². The Morgan fingerprint density at radius 2 is 2.42 bits per heavy atom. The summed E-state index contributed by atoms with van der Waals surface area (Å²) in [4.78, 5) is 4.20. The summed E-state index contributed by atoms with van der Waals surface area (Å²) in [7, 11) is 0. The van der Waals surface area contributed by atoms with Crippen LogP contribution in [0.3, 0.4) is 0 Å². The van der Waals surface area contributed by atoms with Crippen molar-refractivity contribution in [3.05, 3.63) is 16.6 Å². The lowest BCUT2D eigenvalue weighted by Crippen LogP contribution is -2.04. The predicted molar refractivity (Wildman–Crippen MR) is 49.6 cm³/mol. The Labute approximate surface area is 80.2 Å². The van der Waals surface area contributed by atoms with Crippen molar-refractivity contribution in [3.63, 3.8) is 0 Å². The molecule has 0 saturated carbocycles. The molecule has 12 heavy (non-hydrogen) atoms. The third-order valence-electron chi connectivity index (χ3n) is 1.58. The standard InChI is InChI=1S/C8H10BrN3/c1-6(2)8-11-5-7(9)12(8)4-3-10/h5-6H,4H2,1-2H3. The molecule has 0 bridgehead atoms. The fourth-order valence-electron chi connectivity index (χ4n) is 1.06. The van der Waals surface area contributed by atoms with Gasteiger partial charge in [-0.1, -0.05) is 13.8 Å². The molecular weight excluding hydrogens is 218 g/mol. The average Bonchev–Trinajstić information content (AvgIpc) is 2.34. The molecule has 1 aromatic heterocycles. The SMILES string of the molecule is CC(C)c1ncc(Br)n1CC#N. The zero-order chi connectivity index (χ0) is 9.14. The van der Waals surface area contributed by atoms with Crippen LogP contribution >= 0.6 is 15.9 Å². The maximum absolute atomic E-state index is 8.55. The lowest BCUT2D eigenvalue weighted by Gasteiger charge is -2.06. The van der Waals surface area contributed by atoms with Gasteiger partial charge in [0.15, 0.2) is 0 Å². The van der Waals surface area contributed by atoms with E-state index in [2.05, 4.69) is 40.8 Å². The third kappa shape index (κ3) is 1.67. The molecule has 3 nitrogen and oxygen atoms in total. The molecule has 0 radical (unpaired) electrons. The van der Waals surface area contributed by atoms with Gasteiger partial charge in [-0.25, -0.2) is 4.98 Å². The zero-order valence-electron chi connectivity index (χ0n) is 7.08. The minimum Gasteiger partial charge on any atom is -0.309 e.